The Bertz CT molecular complexity index is 1010. The molecule has 160 valence electrons. The highest BCUT2D eigenvalue weighted by molar-refractivity contribution is 6.05. The summed E-state index contributed by atoms with van der Waals surface area (Å²) in [5.74, 6) is 0.604. The number of pyridine rings is 1. The maximum Gasteiger partial charge on any atom is 0.274 e. The van der Waals surface area contributed by atoms with Crippen LogP contribution in [0.15, 0.2) is 79.0 Å². The molecular formula is C27H30N2O2. The highest BCUT2D eigenvalue weighted by Crippen LogP contribution is 2.33. The lowest BCUT2D eigenvalue weighted by molar-refractivity contribution is 0.102. The number of carbonyl (C=O) groups is 1. The molecule has 0 radical (unpaired) electrons. The number of para-hydroxylation sites is 1. The minimum atomic E-state index is -0.223. The maximum absolute atomic E-state index is 12.7. The Hall–Kier alpha value is -3.40. The van der Waals surface area contributed by atoms with Crippen LogP contribution in [-0.4, -0.2) is 18.0 Å². The molecule has 3 aromatic rings. The third-order valence-electron chi connectivity index (χ3n) is 5.15. The van der Waals surface area contributed by atoms with Gasteiger partial charge in [0, 0.05) is 17.4 Å². The topological polar surface area (TPSA) is 51.2 Å². The first kappa shape index (κ1) is 22.3. The van der Waals surface area contributed by atoms with E-state index in [1.54, 1.807) is 25.4 Å². The summed E-state index contributed by atoms with van der Waals surface area (Å²) in [7, 11) is 1.68. The summed E-state index contributed by atoms with van der Waals surface area (Å²) in [6.45, 7) is 2.22. The van der Waals surface area contributed by atoms with Crippen molar-refractivity contribution in [1.82, 2.24) is 4.98 Å². The van der Waals surface area contributed by atoms with Gasteiger partial charge in [-0.25, -0.2) is 0 Å². The first-order valence-electron chi connectivity index (χ1n) is 10.9. The number of nitrogens with zero attached hydrogens (tertiary/aromatic N) is 1. The molecule has 4 heteroatoms. The number of carbonyl (C=O) groups excluding carboxylic acids is 1. The molecule has 0 unspecified atom stereocenters. The molecule has 0 saturated heterocycles. The zero-order valence-electron chi connectivity index (χ0n) is 18.3. The largest absolute Gasteiger partial charge is 0.497 e. The predicted molar refractivity (Wildman–Crippen MR) is 128 cm³/mol. The number of allylic oxidation sites excluding steroid dienone is 2. The molecule has 0 spiro atoms. The van der Waals surface area contributed by atoms with Gasteiger partial charge in [0.05, 0.1) is 7.11 Å². The van der Waals surface area contributed by atoms with Crippen molar-refractivity contribution < 1.29 is 9.53 Å². The van der Waals surface area contributed by atoms with Gasteiger partial charge < -0.3 is 10.1 Å². The quantitative estimate of drug-likeness (QED) is 0.297. The average molecular weight is 415 g/mol. The highest BCUT2D eigenvalue weighted by Gasteiger charge is 2.13. The number of hydrogen-bond acceptors (Lipinski definition) is 3. The van der Waals surface area contributed by atoms with Gasteiger partial charge in [0.25, 0.3) is 5.91 Å². The second-order valence-electron chi connectivity index (χ2n) is 7.41. The number of amides is 1. The van der Waals surface area contributed by atoms with Crippen LogP contribution in [0.5, 0.6) is 5.75 Å². The van der Waals surface area contributed by atoms with E-state index in [4.69, 9.17) is 4.74 Å². The first-order valence-corrected chi connectivity index (χ1v) is 10.9. The molecule has 2 aromatic carbocycles. The monoisotopic (exact) mass is 414 g/mol. The minimum Gasteiger partial charge on any atom is -0.497 e. The molecule has 4 nitrogen and oxygen atoms in total. The second-order valence-corrected chi connectivity index (χ2v) is 7.41. The number of unbranched alkanes of at least 4 members (excludes halogenated alkanes) is 3. The third-order valence-corrected chi connectivity index (χ3v) is 5.15. The van der Waals surface area contributed by atoms with Gasteiger partial charge in [-0.15, -0.1) is 0 Å². The molecule has 1 aromatic heterocycles. The molecule has 0 saturated carbocycles. The molecule has 1 N–H and O–H groups in total. The Morgan fingerprint density at radius 1 is 1.00 bits per heavy atom. The minimum absolute atomic E-state index is 0.223. The lowest BCUT2D eigenvalue weighted by Crippen LogP contribution is -2.14. The van der Waals surface area contributed by atoms with Gasteiger partial charge >= 0.3 is 0 Å². The molecule has 3 rings (SSSR count). The Morgan fingerprint density at radius 3 is 2.61 bits per heavy atom. The fraction of sp³-hybridized carbons (Fsp3) is 0.259. The number of benzene rings is 2. The highest BCUT2D eigenvalue weighted by atomic mass is 16.5. The Morgan fingerprint density at radius 2 is 1.84 bits per heavy atom. The number of hydrogen-bond donors (Lipinski definition) is 1. The molecular weight excluding hydrogens is 384 g/mol. The van der Waals surface area contributed by atoms with E-state index in [2.05, 4.69) is 41.5 Å². The van der Waals surface area contributed by atoms with Crippen LogP contribution in [0.25, 0.3) is 11.1 Å². The molecule has 1 heterocycles. The summed E-state index contributed by atoms with van der Waals surface area (Å²) in [6, 6.07) is 19.3. The van der Waals surface area contributed by atoms with Crippen molar-refractivity contribution in [1.29, 1.82) is 0 Å². The lowest BCUT2D eigenvalue weighted by atomic mass is 9.95. The number of ether oxygens (including phenoxy) is 1. The van der Waals surface area contributed by atoms with Gasteiger partial charge in [0.2, 0.25) is 0 Å². The molecule has 0 fully saturated rings. The Balaban J connectivity index is 1.87. The van der Waals surface area contributed by atoms with Crippen LogP contribution in [-0.2, 0) is 6.42 Å². The van der Waals surface area contributed by atoms with Gasteiger partial charge in [-0.05, 0) is 60.7 Å². The number of nitrogens with one attached hydrogen (secondary N) is 1. The third kappa shape index (κ3) is 6.29. The summed E-state index contributed by atoms with van der Waals surface area (Å²) >= 11 is 0. The molecule has 31 heavy (non-hydrogen) atoms. The van der Waals surface area contributed by atoms with Gasteiger partial charge in [-0.2, -0.15) is 0 Å². The van der Waals surface area contributed by atoms with Gasteiger partial charge in [-0.1, -0.05) is 62.2 Å². The second kappa shape index (κ2) is 11.7. The van der Waals surface area contributed by atoms with E-state index in [-0.39, 0.29) is 5.91 Å². The predicted octanol–water partition coefficient (Wildman–Crippen LogP) is 6.69. The maximum atomic E-state index is 12.7. The van der Waals surface area contributed by atoms with Crippen LogP contribution in [0, 0.1) is 0 Å². The van der Waals surface area contributed by atoms with E-state index < -0.39 is 0 Å². The van der Waals surface area contributed by atoms with Crippen molar-refractivity contribution in [3.63, 3.8) is 0 Å². The summed E-state index contributed by atoms with van der Waals surface area (Å²) in [6.07, 6.45) is 11.7. The standard InChI is InChI=1S/C27H30N2O2/c1-3-4-5-6-7-8-13-21-20-22(31-2)17-18-23(21)24-14-9-10-15-25(24)29-27(30)26-16-11-12-19-28-26/h7-12,14-20H,3-6,13H2,1-2H3,(H,29,30)/b8-7+. The fourth-order valence-electron chi connectivity index (χ4n) is 3.48. The SMILES string of the molecule is CCCCC/C=C/Cc1cc(OC)ccc1-c1ccccc1NC(=O)c1ccccn1. The van der Waals surface area contributed by atoms with Crippen molar-refractivity contribution in [2.24, 2.45) is 0 Å². The summed E-state index contributed by atoms with van der Waals surface area (Å²) in [4.78, 5) is 16.8. The number of methoxy groups -OCH3 is 1. The summed E-state index contributed by atoms with van der Waals surface area (Å²) in [5, 5.41) is 3.02. The molecule has 1 amide bonds. The fourth-order valence-corrected chi connectivity index (χ4v) is 3.48. The first-order chi connectivity index (χ1) is 15.2. The molecule has 0 aliphatic heterocycles. The van der Waals surface area contributed by atoms with E-state index in [0.29, 0.717) is 5.69 Å². The van der Waals surface area contributed by atoms with Gasteiger partial charge in [0.1, 0.15) is 11.4 Å². The summed E-state index contributed by atoms with van der Waals surface area (Å²) < 4.78 is 5.46. The van der Waals surface area contributed by atoms with Crippen molar-refractivity contribution >= 4 is 11.6 Å². The molecule has 0 atom stereocenters. The van der Waals surface area contributed by atoms with Gasteiger partial charge in [0.15, 0.2) is 0 Å². The van der Waals surface area contributed by atoms with Crippen LogP contribution in [0.2, 0.25) is 0 Å². The number of rotatable bonds is 10. The number of aromatic nitrogens is 1. The van der Waals surface area contributed by atoms with Crippen LogP contribution in [0.4, 0.5) is 5.69 Å². The van der Waals surface area contributed by atoms with E-state index in [1.807, 2.05) is 36.4 Å². The molecule has 0 aliphatic rings. The van der Waals surface area contributed by atoms with E-state index >= 15 is 0 Å². The van der Waals surface area contributed by atoms with Crippen molar-refractivity contribution in [2.45, 2.75) is 39.0 Å². The van der Waals surface area contributed by atoms with Crippen molar-refractivity contribution in [2.75, 3.05) is 12.4 Å². The smallest absolute Gasteiger partial charge is 0.274 e. The number of anilines is 1. The van der Waals surface area contributed by atoms with Crippen LogP contribution >= 0.6 is 0 Å². The molecule has 0 aliphatic carbocycles. The average Bonchev–Trinajstić information content (AvgIpc) is 2.82. The van der Waals surface area contributed by atoms with Crippen LogP contribution in [0.1, 0.15) is 48.7 Å². The summed E-state index contributed by atoms with van der Waals surface area (Å²) in [5.41, 5.74) is 4.36. The Labute approximate surface area is 185 Å². The van der Waals surface area contributed by atoms with E-state index in [9.17, 15) is 4.79 Å². The lowest BCUT2D eigenvalue weighted by Gasteiger charge is -2.15. The molecule has 0 bridgehead atoms. The van der Waals surface area contributed by atoms with Crippen LogP contribution < -0.4 is 10.1 Å². The Kier molecular flexibility index (Phi) is 8.41. The van der Waals surface area contributed by atoms with Crippen LogP contribution in [0.3, 0.4) is 0 Å². The van der Waals surface area contributed by atoms with Crippen molar-refractivity contribution in [3.8, 4) is 16.9 Å². The van der Waals surface area contributed by atoms with E-state index in [1.165, 1.54) is 19.3 Å². The normalized spacial score (nSPS) is 10.9. The van der Waals surface area contributed by atoms with Gasteiger partial charge in [-0.3, -0.25) is 9.78 Å². The van der Waals surface area contributed by atoms with Crippen molar-refractivity contribution in [3.05, 3.63) is 90.3 Å². The zero-order valence-corrected chi connectivity index (χ0v) is 18.3. The zero-order chi connectivity index (χ0) is 21.9. The van der Waals surface area contributed by atoms with E-state index in [0.717, 1.165) is 41.0 Å².